The largest absolute Gasteiger partial charge is 0.388 e. The highest BCUT2D eigenvalue weighted by atomic mass is 19.2. The van der Waals surface area contributed by atoms with E-state index < -0.39 is 35.5 Å². The molecule has 0 amide bonds. The first kappa shape index (κ1) is 17.4. The summed E-state index contributed by atoms with van der Waals surface area (Å²) >= 11 is 0. The molecule has 2 rings (SSSR count). The predicted octanol–water partition coefficient (Wildman–Crippen LogP) is 4.18. The summed E-state index contributed by atoms with van der Waals surface area (Å²) in [4.78, 5) is 0. The first-order valence-corrected chi connectivity index (χ1v) is 7.14. The molecule has 2 aromatic rings. The third-order valence-corrected chi connectivity index (χ3v) is 3.61. The lowest BCUT2D eigenvalue weighted by Gasteiger charge is -2.14. The van der Waals surface area contributed by atoms with Crippen LogP contribution in [0, 0.1) is 23.3 Å². The third-order valence-electron chi connectivity index (χ3n) is 3.61. The molecule has 0 aliphatic rings. The second-order valence-electron chi connectivity index (χ2n) is 5.31. The van der Waals surface area contributed by atoms with Gasteiger partial charge in [0.15, 0.2) is 23.3 Å². The van der Waals surface area contributed by atoms with Crippen LogP contribution in [-0.4, -0.2) is 10.2 Å². The van der Waals surface area contributed by atoms with Gasteiger partial charge in [-0.15, -0.1) is 0 Å². The molecule has 0 spiro atoms. The Kier molecular flexibility index (Phi) is 5.74. The minimum atomic E-state index is -1.04. The molecule has 23 heavy (non-hydrogen) atoms. The molecule has 0 heterocycles. The maximum atomic E-state index is 13.1. The van der Waals surface area contributed by atoms with Crippen LogP contribution in [0.1, 0.15) is 42.6 Å². The average molecular weight is 328 g/mol. The van der Waals surface area contributed by atoms with Crippen molar-refractivity contribution in [3.8, 4) is 0 Å². The summed E-state index contributed by atoms with van der Waals surface area (Å²) in [6, 6.07) is 6.29. The standard InChI is InChI=1S/C17H16F4O2/c18-12-6-4-10(8-14(12)20)16(22)2-1-3-17(23)11-5-7-13(19)15(21)9-11/h4-9,16-17,22-23H,1-3H2/t16-,17+. The molecule has 2 atom stereocenters. The Morgan fingerprint density at radius 1 is 0.652 bits per heavy atom. The SMILES string of the molecule is O[C@H](CCC[C@H](O)c1ccc(F)c(F)c1)c1ccc(F)c(F)c1. The van der Waals surface area contributed by atoms with Crippen molar-refractivity contribution in [2.45, 2.75) is 31.5 Å². The highest BCUT2D eigenvalue weighted by Crippen LogP contribution is 2.25. The Morgan fingerprint density at radius 3 is 1.39 bits per heavy atom. The van der Waals surface area contributed by atoms with Crippen molar-refractivity contribution in [2.75, 3.05) is 0 Å². The van der Waals surface area contributed by atoms with E-state index in [4.69, 9.17) is 0 Å². The fraction of sp³-hybridized carbons (Fsp3) is 0.294. The van der Waals surface area contributed by atoms with Crippen molar-refractivity contribution in [1.82, 2.24) is 0 Å². The molecule has 0 bridgehead atoms. The topological polar surface area (TPSA) is 40.5 Å². The molecule has 0 radical (unpaired) electrons. The van der Waals surface area contributed by atoms with E-state index in [1.165, 1.54) is 12.1 Å². The summed E-state index contributed by atoms with van der Waals surface area (Å²) in [5, 5.41) is 19.8. The van der Waals surface area contributed by atoms with Gasteiger partial charge in [0.05, 0.1) is 12.2 Å². The second-order valence-corrected chi connectivity index (χ2v) is 5.31. The number of benzene rings is 2. The van der Waals surface area contributed by atoms with Gasteiger partial charge in [0.25, 0.3) is 0 Å². The monoisotopic (exact) mass is 328 g/mol. The molecule has 0 aliphatic heterocycles. The van der Waals surface area contributed by atoms with Crippen LogP contribution < -0.4 is 0 Å². The third kappa shape index (κ3) is 4.53. The summed E-state index contributed by atoms with van der Waals surface area (Å²) in [7, 11) is 0. The number of aliphatic hydroxyl groups excluding tert-OH is 2. The van der Waals surface area contributed by atoms with Gasteiger partial charge in [-0.25, -0.2) is 17.6 Å². The Bertz CT molecular complexity index is 618. The molecule has 2 N–H and O–H groups in total. The first-order valence-electron chi connectivity index (χ1n) is 7.14. The molecule has 2 aromatic carbocycles. The zero-order valence-corrected chi connectivity index (χ0v) is 12.1. The van der Waals surface area contributed by atoms with Crippen LogP contribution in [0.2, 0.25) is 0 Å². The normalized spacial score (nSPS) is 13.8. The van der Waals surface area contributed by atoms with Gasteiger partial charge in [0, 0.05) is 0 Å². The number of hydrogen-bond donors (Lipinski definition) is 2. The smallest absolute Gasteiger partial charge is 0.159 e. The summed E-state index contributed by atoms with van der Waals surface area (Å²) in [6.07, 6.45) is -1.21. The maximum absolute atomic E-state index is 13.1. The molecular weight excluding hydrogens is 312 g/mol. The lowest BCUT2D eigenvalue weighted by atomic mass is 9.99. The van der Waals surface area contributed by atoms with Crippen molar-refractivity contribution in [3.05, 3.63) is 70.8 Å². The fourth-order valence-electron chi connectivity index (χ4n) is 2.28. The van der Waals surface area contributed by atoms with Crippen LogP contribution in [0.5, 0.6) is 0 Å². The molecule has 0 aliphatic carbocycles. The Balaban J connectivity index is 1.88. The quantitative estimate of drug-likeness (QED) is 0.781. The van der Waals surface area contributed by atoms with Crippen LogP contribution in [0.25, 0.3) is 0 Å². The van der Waals surface area contributed by atoms with Gasteiger partial charge >= 0.3 is 0 Å². The van der Waals surface area contributed by atoms with E-state index in [0.29, 0.717) is 6.42 Å². The van der Waals surface area contributed by atoms with Crippen LogP contribution in [0.4, 0.5) is 17.6 Å². The van der Waals surface area contributed by atoms with E-state index >= 15 is 0 Å². The first-order chi connectivity index (χ1) is 10.9. The van der Waals surface area contributed by atoms with Gasteiger partial charge in [-0.1, -0.05) is 12.1 Å². The molecule has 0 saturated heterocycles. The van der Waals surface area contributed by atoms with E-state index in [0.717, 1.165) is 24.3 Å². The molecular formula is C17H16F4O2. The molecule has 6 heteroatoms. The van der Waals surface area contributed by atoms with E-state index in [9.17, 15) is 27.8 Å². The number of halogens is 4. The highest BCUT2D eigenvalue weighted by molar-refractivity contribution is 5.21. The lowest BCUT2D eigenvalue weighted by Crippen LogP contribution is -2.03. The lowest BCUT2D eigenvalue weighted by molar-refractivity contribution is 0.135. The predicted molar refractivity (Wildman–Crippen MR) is 76.5 cm³/mol. The van der Waals surface area contributed by atoms with Gasteiger partial charge < -0.3 is 10.2 Å². The highest BCUT2D eigenvalue weighted by Gasteiger charge is 2.14. The Labute approximate surface area is 131 Å². The van der Waals surface area contributed by atoms with Crippen LogP contribution in [0.3, 0.4) is 0 Å². The Hall–Kier alpha value is -1.92. The van der Waals surface area contributed by atoms with Crippen molar-refractivity contribution in [3.63, 3.8) is 0 Å². The zero-order valence-electron chi connectivity index (χ0n) is 12.1. The summed E-state index contributed by atoms with van der Waals surface area (Å²) < 4.78 is 51.8. The minimum Gasteiger partial charge on any atom is -0.388 e. The van der Waals surface area contributed by atoms with Gasteiger partial charge in [0.2, 0.25) is 0 Å². The minimum absolute atomic E-state index is 0.214. The van der Waals surface area contributed by atoms with Gasteiger partial charge in [-0.3, -0.25) is 0 Å². The van der Waals surface area contributed by atoms with Crippen LogP contribution in [0.15, 0.2) is 36.4 Å². The van der Waals surface area contributed by atoms with Gasteiger partial charge in [-0.05, 0) is 54.7 Å². The van der Waals surface area contributed by atoms with Crippen LogP contribution >= 0.6 is 0 Å². The van der Waals surface area contributed by atoms with E-state index in [1.807, 2.05) is 0 Å². The number of aliphatic hydroxyl groups is 2. The number of hydrogen-bond acceptors (Lipinski definition) is 2. The van der Waals surface area contributed by atoms with E-state index in [-0.39, 0.29) is 24.0 Å². The van der Waals surface area contributed by atoms with Crippen molar-refractivity contribution in [1.29, 1.82) is 0 Å². The Morgan fingerprint density at radius 2 is 1.04 bits per heavy atom. The second kappa shape index (κ2) is 7.57. The molecule has 2 nitrogen and oxygen atoms in total. The zero-order chi connectivity index (χ0) is 17.0. The average Bonchev–Trinajstić information content (AvgIpc) is 2.52. The van der Waals surface area contributed by atoms with Gasteiger partial charge in [-0.2, -0.15) is 0 Å². The molecule has 124 valence electrons. The van der Waals surface area contributed by atoms with Crippen molar-refractivity contribution < 1.29 is 27.8 Å². The van der Waals surface area contributed by atoms with E-state index in [2.05, 4.69) is 0 Å². The summed E-state index contributed by atoms with van der Waals surface area (Å²) in [5.41, 5.74) is 0.484. The molecule has 0 unspecified atom stereocenters. The van der Waals surface area contributed by atoms with E-state index in [1.54, 1.807) is 0 Å². The van der Waals surface area contributed by atoms with Crippen molar-refractivity contribution >= 4 is 0 Å². The number of rotatable bonds is 6. The molecule has 0 fully saturated rings. The summed E-state index contributed by atoms with van der Waals surface area (Å²) in [6.45, 7) is 0. The summed E-state index contributed by atoms with van der Waals surface area (Å²) in [5.74, 6) is -4.06. The van der Waals surface area contributed by atoms with Gasteiger partial charge in [0.1, 0.15) is 0 Å². The van der Waals surface area contributed by atoms with Crippen molar-refractivity contribution in [2.24, 2.45) is 0 Å². The maximum Gasteiger partial charge on any atom is 0.159 e. The molecule has 0 saturated carbocycles. The molecule has 0 aromatic heterocycles. The van der Waals surface area contributed by atoms with Crippen LogP contribution in [-0.2, 0) is 0 Å². The fourth-order valence-corrected chi connectivity index (χ4v) is 2.28.